The Balaban J connectivity index is 1.43. The fourth-order valence-electron chi connectivity index (χ4n) is 3.47. The van der Waals surface area contributed by atoms with Crippen LogP contribution in [0, 0.1) is 5.92 Å². The zero-order valence-corrected chi connectivity index (χ0v) is 15.6. The third kappa shape index (κ3) is 3.53. The summed E-state index contributed by atoms with van der Waals surface area (Å²) in [5.41, 5.74) is 3.08. The van der Waals surface area contributed by atoms with Gasteiger partial charge in [0.1, 0.15) is 6.54 Å². The molecule has 6 heteroatoms. The monoisotopic (exact) mass is 377 g/mol. The van der Waals surface area contributed by atoms with Crippen molar-refractivity contribution in [2.45, 2.75) is 6.42 Å². The van der Waals surface area contributed by atoms with Crippen LogP contribution in [0.4, 0.5) is 0 Å². The molecule has 1 aromatic carbocycles. The van der Waals surface area contributed by atoms with Crippen molar-refractivity contribution >= 4 is 40.4 Å². The fraction of sp³-hybridized carbons (Fsp3) is 0.238. The molecule has 2 amide bonds. The van der Waals surface area contributed by atoms with Crippen LogP contribution in [-0.2, 0) is 9.59 Å². The van der Waals surface area contributed by atoms with Gasteiger partial charge in [-0.15, -0.1) is 0 Å². The number of thiocarbonyl (C=S) groups is 1. The SMILES string of the molecule is O=C(CN1C(=O)C2C=CC=CC2=NC1=S)N1CC=C(c2ccccc2)CC1. The number of fused-ring (bicyclic) bond motifs is 1. The Morgan fingerprint density at radius 3 is 2.78 bits per heavy atom. The van der Waals surface area contributed by atoms with Gasteiger partial charge in [0, 0.05) is 13.1 Å². The van der Waals surface area contributed by atoms with Crippen LogP contribution in [0.1, 0.15) is 12.0 Å². The normalized spacial score (nSPS) is 21.7. The number of amides is 2. The van der Waals surface area contributed by atoms with Gasteiger partial charge in [-0.3, -0.25) is 14.5 Å². The van der Waals surface area contributed by atoms with Gasteiger partial charge in [0.05, 0.1) is 11.6 Å². The van der Waals surface area contributed by atoms with Crippen LogP contribution in [-0.4, -0.2) is 52.1 Å². The summed E-state index contributed by atoms with van der Waals surface area (Å²) in [5.74, 6) is -0.736. The maximum Gasteiger partial charge on any atom is 0.243 e. The number of allylic oxidation sites excluding steroid dienone is 3. The van der Waals surface area contributed by atoms with E-state index in [2.05, 4.69) is 23.2 Å². The summed E-state index contributed by atoms with van der Waals surface area (Å²) >= 11 is 5.25. The van der Waals surface area contributed by atoms with Gasteiger partial charge < -0.3 is 4.90 Å². The Kier molecular flexibility index (Phi) is 4.81. The molecular formula is C21H19N3O2S. The van der Waals surface area contributed by atoms with E-state index in [0.717, 1.165) is 6.42 Å². The number of carbonyl (C=O) groups excluding carboxylic acids is 2. The van der Waals surface area contributed by atoms with Gasteiger partial charge in [-0.25, -0.2) is 4.99 Å². The summed E-state index contributed by atoms with van der Waals surface area (Å²) in [6.07, 6.45) is 10.1. The van der Waals surface area contributed by atoms with E-state index in [1.807, 2.05) is 30.4 Å². The second kappa shape index (κ2) is 7.40. The molecular weight excluding hydrogens is 358 g/mol. The molecule has 0 aromatic heterocycles. The van der Waals surface area contributed by atoms with E-state index >= 15 is 0 Å². The van der Waals surface area contributed by atoms with Crippen molar-refractivity contribution < 1.29 is 9.59 Å². The highest BCUT2D eigenvalue weighted by atomic mass is 32.1. The van der Waals surface area contributed by atoms with Crippen LogP contribution in [0.25, 0.3) is 5.57 Å². The lowest BCUT2D eigenvalue weighted by molar-refractivity contribution is -0.137. The quantitative estimate of drug-likeness (QED) is 0.761. The molecule has 4 rings (SSSR count). The lowest BCUT2D eigenvalue weighted by Gasteiger charge is -2.32. The van der Waals surface area contributed by atoms with Crippen LogP contribution in [0.15, 0.2) is 65.7 Å². The molecule has 27 heavy (non-hydrogen) atoms. The van der Waals surface area contributed by atoms with E-state index in [0.29, 0.717) is 18.8 Å². The highest BCUT2D eigenvalue weighted by molar-refractivity contribution is 7.80. The first kappa shape index (κ1) is 17.5. The Labute approximate surface area is 163 Å². The van der Waals surface area contributed by atoms with E-state index < -0.39 is 5.92 Å². The molecule has 1 aliphatic carbocycles. The third-order valence-electron chi connectivity index (χ3n) is 4.99. The number of hydrogen-bond acceptors (Lipinski definition) is 3. The van der Waals surface area contributed by atoms with Gasteiger partial charge in [-0.05, 0) is 35.9 Å². The number of benzene rings is 1. The van der Waals surface area contributed by atoms with Gasteiger partial charge >= 0.3 is 0 Å². The zero-order valence-electron chi connectivity index (χ0n) is 14.7. The lowest BCUT2D eigenvalue weighted by atomic mass is 9.95. The summed E-state index contributed by atoms with van der Waals surface area (Å²) in [6, 6.07) is 10.2. The molecule has 2 heterocycles. The molecule has 0 fully saturated rings. The first-order chi connectivity index (χ1) is 13.1. The van der Waals surface area contributed by atoms with Gasteiger partial charge in [-0.1, -0.05) is 54.6 Å². The van der Waals surface area contributed by atoms with E-state index in [1.165, 1.54) is 16.0 Å². The zero-order chi connectivity index (χ0) is 18.8. The minimum absolute atomic E-state index is 0.0585. The molecule has 0 spiro atoms. The van der Waals surface area contributed by atoms with Crippen LogP contribution in [0.2, 0.25) is 0 Å². The third-order valence-corrected chi connectivity index (χ3v) is 5.30. The van der Waals surface area contributed by atoms with Gasteiger partial charge in [0.15, 0.2) is 0 Å². The number of rotatable bonds is 3. The summed E-state index contributed by atoms with van der Waals surface area (Å²) in [5, 5.41) is 0.164. The van der Waals surface area contributed by atoms with Crippen molar-refractivity contribution in [2.24, 2.45) is 10.9 Å². The Bertz CT molecular complexity index is 915. The van der Waals surface area contributed by atoms with E-state index in [-0.39, 0.29) is 23.5 Å². The minimum atomic E-state index is -0.444. The Morgan fingerprint density at radius 1 is 1.22 bits per heavy atom. The molecule has 0 saturated carbocycles. The number of carbonyl (C=O) groups is 2. The Morgan fingerprint density at radius 2 is 2.04 bits per heavy atom. The lowest BCUT2D eigenvalue weighted by Crippen LogP contribution is -2.51. The first-order valence-corrected chi connectivity index (χ1v) is 9.35. The molecule has 0 N–H and O–H groups in total. The molecule has 1 aromatic rings. The molecule has 2 aliphatic heterocycles. The second-order valence-electron chi connectivity index (χ2n) is 6.65. The molecule has 5 nitrogen and oxygen atoms in total. The average molecular weight is 377 g/mol. The van der Waals surface area contributed by atoms with E-state index in [1.54, 1.807) is 17.1 Å². The van der Waals surface area contributed by atoms with E-state index in [9.17, 15) is 9.59 Å². The van der Waals surface area contributed by atoms with Crippen molar-refractivity contribution in [3.63, 3.8) is 0 Å². The number of nitrogens with zero attached hydrogens (tertiary/aromatic N) is 3. The summed E-state index contributed by atoms with van der Waals surface area (Å²) in [6.45, 7) is 1.12. The largest absolute Gasteiger partial charge is 0.337 e. The number of hydrogen-bond donors (Lipinski definition) is 0. The highest BCUT2D eigenvalue weighted by Crippen LogP contribution is 2.23. The van der Waals surface area contributed by atoms with Crippen LogP contribution in [0.3, 0.4) is 0 Å². The van der Waals surface area contributed by atoms with Crippen LogP contribution >= 0.6 is 12.2 Å². The van der Waals surface area contributed by atoms with Crippen molar-refractivity contribution in [2.75, 3.05) is 19.6 Å². The molecule has 1 atom stereocenters. The van der Waals surface area contributed by atoms with Crippen molar-refractivity contribution in [3.8, 4) is 0 Å². The van der Waals surface area contributed by atoms with Crippen LogP contribution < -0.4 is 0 Å². The van der Waals surface area contributed by atoms with Gasteiger partial charge in [0.25, 0.3) is 0 Å². The number of aliphatic imine (C=N–C) groups is 1. The smallest absolute Gasteiger partial charge is 0.243 e. The topological polar surface area (TPSA) is 53.0 Å². The van der Waals surface area contributed by atoms with Gasteiger partial charge in [0.2, 0.25) is 16.9 Å². The van der Waals surface area contributed by atoms with Crippen molar-refractivity contribution in [1.82, 2.24) is 9.80 Å². The predicted octanol–water partition coefficient (Wildman–Crippen LogP) is 2.61. The molecule has 3 aliphatic rings. The average Bonchev–Trinajstić information content (AvgIpc) is 2.72. The molecule has 136 valence electrons. The molecule has 0 bridgehead atoms. The van der Waals surface area contributed by atoms with Crippen molar-refractivity contribution in [1.29, 1.82) is 0 Å². The first-order valence-electron chi connectivity index (χ1n) is 8.94. The van der Waals surface area contributed by atoms with Crippen LogP contribution in [0.5, 0.6) is 0 Å². The second-order valence-corrected chi connectivity index (χ2v) is 7.02. The highest BCUT2D eigenvalue weighted by Gasteiger charge is 2.35. The standard InChI is InChI=1S/C21H19N3O2S/c25-19(23-12-10-16(11-13-23)15-6-2-1-3-7-15)14-24-20(26)17-8-4-5-9-18(17)22-21(24)27/h1-10,17H,11-14H2. The molecule has 0 radical (unpaired) electrons. The summed E-state index contributed by atoms with van der Waals surface area (Å²) in [7, 11) is 0. The maximum absolute atomic E-state index is 12.7. The van der Waals surface area contributed by atoms with E-state index in [4.69, 9.17) is 12.2 Å². The van der Waals surface area contributed by atoms with Gasteiger partial charge in [-0.2, -0.15) is 0 Å². The fourth-order valence-corrected chi connectivity index (χ4v) is 3.73. The molecule has 0 saturated heterocycles. The minimum Gasteiger partial charge on any atom is -0.337 e. The summed E-state index contributed by atoms with van der Waals surface area (Å²) < 4.78 is 0. The van der Waals surface area contributed by atoms with Crippen molar-refractivity contribution in [3.05, 3.63) is 66.3 Å². The predicted molar refractivity (Wildman–Crippen MR) is 109 cm³/mol. The molecule has 1 unspecified atom stereocenters. The maximum atomic E-state index is 12.7. The Hall–Kier alpha value is -2.86. The summed E-state index contributed by atoms with van der Waals surface area (Å²) in [4.78, 5) is 32.8.